The van der Waals surface area contributed by atoms with Crippen molar-refractivity contribution in [2.75, 3.05) is 5.75 Å². The Hall–Kier alpha value is -3.52. The van der Waals surface area contributed by atoms with Gasteiger partial charge in [-0.25, -0.2) is 14.8 Å². The molecule has 30 heavy (non-hydrogen) atoms. The summed E-state index contributed by atoms with van der Waals surface area (Å²) < 4.78 is 2.35. The lowest BCUT2D eigenvalue weighted by atomic mass is 10.2. The summed E-state index contributed by atoms with van der Waals surface area (Å²) in [4.78, 5) is 46.9. The first-order valence-electron chi connectivity index (χ1n) is 9.21. The summed E-state index contributed by atoms with van der Waals surface area (Å²) in [5.74, 6) is 0.423. The van der Waals surface area contributed by atoms with E-state index < -0.39 is 11.2 Å². The molecule has 0 aliphatic carbocycles. The molecule has 0 fully saturated rings. The Balaban J connectivity index is 1.87. The highest BCUT2D eigenvalue weighted by molar-refractivity contribution is 8.00. The normalized spacial score (nSPS) is 11.0. The Morgan fingerprint density at radius 3 is 2.20 bits per heavy atom. The molecule has 0 saturated heterocycles. The van der Waals surface area contributed by atoms with E-state index in [0.29, 0.717) is 16.4 Å². The van der Waals surface area contributed by atoms with Crippen LogP contribution >= 0.6 is 11.8 Å². The van der Waals surface area contributed by atoms with Gasteiger partial charge in [0.1, 0.15) is 10.4 Å². The molecule has 8 heteroatoms. The summed E-state index contributed by atoms with van der Waals surface area (Å²) in [5, 5.41) is 0.601. The van der Waals surface area contributed by atoms with Crippen molar-refractivity contribution in [3.8, 4) is 11.4 Å². The van der Waals surface area contributed by atoms with Gasteiger partial charge in [0.05, 0.1) is 5.75 Å². The molecule has 0 bridgehead atoms. The number of hydrogen-bond acceptors (Lipinski definition) is 6. The highest BCUT2D eigenvalue weighted by Gasteiger charge is 2.19. The van der Waals surface area contributed by atoms with E-state index in [1.54, 1.807) is 31.3 Å². The lowest BCUT2D eigenvalue weighted by Gasteiger charge is -2.12. The number of benzene rings is 2. The molecule has 0 aliphatic rings. The van der Waals surface area contributed by atoms with Gasteiger partial charge in [-0.3, -0.25) is 18.7 Å². The molecule has 0 amide bonds. The van der Waals surface area contributed by atoms with Gasteiger partial charge in [-0.15, -0.1) is 0 Å². The molecule has 0 N–H and O–H groups in total. The molecule has 4 rings (SSSR count). The first-order valence-corrected chi connectivity index (χ1v) is 10.2. The molecule has 2 heterocycles. The van der Waals surface area contributed by atoms with Gasteiger partial charge in [-0.2, -0.15) is 0 Å². The second-order valence-electron chi connectivity index (χ2n) is 6.70. The third-order valence-electron chi connectivity index (χ3n) is 4.73. The van der Waals surface area contributed by atoms with Crippen molar-refractivity contribution in [3.63, 3.8) is 0 Å². The average Bonchev–Trinajstić information content (AvgIpc) is 2.80. The molecular formula is C22H18N4O3S. The first-order chi connectivity index (χ1) is 14.5. The molecule has 7 nitrogen and oxygen atoms in total. The number of hydrogen-bond donors (Lipinski definition) is 0. The van der Waals surface area contributed by atoms with Gasteiger partial charge in [0.2, 0.25) is 0 Å². The Morgan fingerprint density at radius 2 is 1.53 bits per heavy atom. The number of fused-ring (bicyclic) bond motifs is 1. The monoisotopic (exact) mass is 418 g/mol. The van der Waals surface area contributed by atoms with Crippen LogP contribution in [0, 0.1) is 0 Å². The summed E-state index contributed by atoms with van der Waals surface area (Å²) in [6.07, 6.45) is 0. The summed E-state index contributed by atoms with van der Waals surface area (Å²) in [6.45, 7) is 0. The van der Waals surface area contributed by atoms with Gasteiger partial charge in [-0.1, -0.05) is 72.4 Å². The SMILES string of the molecule is Cn1c(=O)c2c(SCC(=O)c3ccccc3)nc(-c3ccccc3)nc2n(C)c1=O. The smallest absolute Gasteiger partial charge is 0.293 e. The second kappa shape index (κ2) is 8.08. The summed E-state index contributed by atoms with van der Waals surface area (Å²) in [5.41, 5.74) is 0.631. The standard InChI is InChI=1S/C22H18N4O3S/c1-25-19-17(21(28)26(2)22(25)29)20(24-18(23-19)15-11-7-4-8-12-15)30-13-16(27)14-9-5-3-6-10-14/h3-12H,13H2,1-2H3. The van der Waals surface area contributed by atoms with Crippen molar-refractivity contribution in [2.45, 2.75) is 5.03 Å². The molecule has 2 aromatic heterocycles. The first kappa shape index (κ1) is 19.8. The van der Waals surface area contributed by atoms with E-state index in [2.05, 4.69) is 9.97 Å². The average molecular weight is 418 g/mol. The van der Waals surface area contributed by atoms with Crippen LogP contribution in [0.3, 0.4) is 0 Å². The lowest BCUT2D eigenvalue weighted by molar-refractivity contribution is 0.102. The summed E-state index contributed by atoms with van der Waals surface area (Å²) in [7, 11) is 2.98. The molecule has 150 valence electrons. The van der Waals surface area contributed by atoms with E-state index in [4.69, 9.17) is 0 Å². The number of Topliss-reactive ketones (excluding diaryl/α,β-unsaturated/α-hetero) is 1. The zero-order chi connectivity index (χ0) is 21.3. The molecule has 0 unspecified atom stereocenters. The Morgan fingerprint density at radius 1 is 0.900 bits per heavy atom. The molecule has 0 aliphatic heterocycles. The van der Waals surface area contributed by atoms with Crippen LogP contribution in [0.2, 0.25) is 0 Å². The minimum atomic E-state index is -0.484. The molecule has 0 spiro atoms. The third-order valence-corrected chi connectivity index (χ3v) is 5.71. The van der Waals surface area contributed by atoms with Crippen LogP contribution in [-0.4, -0.2) is 30.6 Å². The summed E-state index contributed by atoms with van der Waals surface area (Å²) >= 11 is 1.17. The van der Waals surface area contributed by atoms with Crippen LogP contribution in [0.5, 0.6) is 0 Å². The maximum atomic E-state index is 12.9. The van der Waals surface area contributed by atoms with E-state index in [1.807, 2.05) is 36.4 Å². The minimum absolute atomic E-state index is 0.0738. The number of carbonyl (C=O) groups is 1. The van der Waals surface area contributed by atoms with Gasteiger partial charge in [-0.05, 0) is 0 Å². The van der Waals surface area contributed by atoms with Crippen molar-refractivity contribution in [1.29, 1.82) is 0 Å². The van der Waals surface area contributed by atoms with Crippen LogP contribution in [0.15, 0.2) is 75.3 Å². The fourth-order valence-corrected chi connectivity index (χ4v) is 4.00. The fourth-order valence-electron chi connectivity index (χ4n) is 3.09. The van der Waals surface area contributed by atoms with Crippen molar-refractivity contribution in [1.82, 2.24) is 19.1 Å². The van der Waals surface area contributed by atoms with Crippen LogP contribution in [-0.2, 0) is 14.1 Å². The Bertz CT molecular complexity index is 1360. The molecular weight excluding hydrogens is 400 g/mol. The molecule has 2 aromatic carbocycles. The van der Waals surface area contributed by atoms with Crippen molar-refractivity contribution < 1.29 is 4.79 Å². The van der Waals surface area contributed by atoms with Gasteiger partial charge in [0.15, 0.2) is 17.3 Å². The zero-order valence-electron chi connectivity index (χ0n) is 16.4. The van der Waals surface area contributed by atoms with E-state index in [-0.39, 0.29) is 22.6 Å². The van der Waals surface area contributed by atoms with Crippen LogP contribution in [0.4, 0.5) is 0 Å². The molecule has 0 atom stereocenters. The minimum Gasteiger partial charge on any atom is -0.293 e. The van der Waals surface area contributed by atoms with Crippen LogP contribution in [0.1, 0.15) is 10.4 Å². The number of ketones is 1. The molecule has 4 aromatic rings. The van der Waals surface area contributed by atoms with Gasteiger partial charge in [0, 0.05) is 25.2 Å². The maximum Gasteiger partial charge on any atom is 0.332 e. The number of rotatable bonds is 5. The quantitative estimate of drug-likeness (QED) is 0.281. The lowest BCUT2D eigenvalue weighted by Crippen LogP contribution is -2.37. The number of nitrogens with zero attached hydrogens (tertiary/aromatic N) is 4. The van der Waals surface area contributed by atoms with Gasteiger partial charge < -0.3 is 0 Å². The van der Waals surface area contributed by atoms with Crippen molar-refractivity contribution in [3.05, 3.63) is 87.1 Å². The molecule has 0 saturated carbocycles. The third kappa shape index (κ3) is 3.57. The largest absolute Gasteiger partial charge is 0.332 e. The van der Waals surface area contributed by atoms with Gasteiger partial charge >= 0.3 is 5.69 Å². The zero-order valence-corrected chi connectivity index (χ0v) is 17.2. The number of aryl methyl sites for hydroxylation is 1. The van der Waals surface area contributed by atoms with E-state index >= 15 is 0 Å². The van der Waals surface area contributed by atoms with E-state index in [1.165, 1.54) is 23.4 Å². The maximum absolute atomic E-state index is 12.9. The predicted octanol–water partition coefficient (Wildman–Crippen LogP) is 2.67. The van der Waals surface area contributed by atoms with E-state index in [0.717, 1.165) is 10.1 Å². The van der Waals surface area contributed by atoms with Gasteiger partial charge in [0.25, 0.3) is 5.56 Å². The van der Waals surface area contributed by atoms with Crippen molar-refractivity contribution in [2.24, 2.45) is 14.1 Å². The number of carbonyl (C=O) groups excluding carboxylic acids is 1. The second-order valence-corrected chi connectivity index (χ2v) is 7.66. The molecule has 0 radical (unpaired) electrons. The number of thioether (sulfide) groups is 1. The highest BCUT2D eigenvalue weighted by atomic mass is 32.2. The topological polar surface area (TPSA) is 86.8 Å². The Labute approximate surface area is 176 Å². The fraction of sp³-hybridized carbons (Fsp3) is 0.136. The highest BCUT2D eigenvalue weighted by Crippen LogP contribution is 2.26. The van der Waals surface area contributed by atoms with E-state index in [9.17, 15) is 14.4 Å². The van der Waals surface area contributed by atoms with Crippen molar-refractivity contribution >= 4 is 28.6 Å². The summed E-state index contributed by atoms with van der Waals surface area (Å²) in [6, 6.07) is 18.2. The van der Waals surface area contributed by atoms with Crippen LogP contribution in [0.25, 0.3) is 22.4 Å². The predicted molar refractivity (Wildman–Crippen MR) is 117 cm³/mol. The van der Waals surface area contributed by atoms with Crippen LogP contribution < -0.4 is 11.2 Å². The number of aromatic nitrogens is 4. The Kier molecular flexibility index (Phi) is 5.33.